The molecule has 0 spiro atoms. The van der Waals surface area contributed by atoms with E-state index in [4.69, 9.17) is 27.9 Å². The molecule has 2 aromatic rings. The third kappa shape index (κ3) is 4.37. The van der Waals surface area contributed by atoms with Crippen LogP contribution in [0.2, 0.25) is 10.0 Å². The molecule has 2 amide bonds. The van der Waals surface area contributed by atoms with Crippen molar-refractivity contribution < 1.29 is 19.4 Å². The average Bonchev–Trinajstić information content (AvgIpc) is 2.60. The number of hydrogen-bond donors (Lipinski definition) is 4. The van der Waals surface area contributed by atoms with Crippen molar-refractivity contribution in [2.75, 3.05) is 17.7 Å². The molecule has 0 aliphatic carbocycles. The molecule has 9 heteroatoms. The molecule has 0 saturated heterocycles. The van der Waals surface area contributed by atoms with E-state index in [9.17, 15) is 14.7 Å². The van der Waals surface area contributed by atoms with Crippen LogP contribution in [0.25, 0.3) is 0 Å². The number of anilines is 2. The van der Waals surface area contributed by atoms with Gasteiger partial charge in [-0.05, 0) is 24.3 Å². The number of benzene rings is 2. The van der Waals surface area contributed by atoms with Crippen molar-refractivity contribution in [3.05, 3.63) is 52.0 Å². The normalized spacial score (nSPS) is 18.0. The zero-order valence-electron chi connectivity index (χ0n) is 14.3. The standard InChI is InChI=1S/C18H17Cl2N3O4/c1-27-11-4-2-3-10(7-11)21-18(26)23-14-8-15(17(24)25)22-13-6-9(19)5-12(20)16(13)14/h2-7,14-15,22H,8H2,1H3,(H,24,25)(H2,21,23,26)/t14-,15+/m0/s1. The van der Waals surface area contributed by atoms with Gasteiger partial charge in [-0.25, -0.2) is 9.59 Å². The van der Waals surface area contributed by atoms with E-state index in [1.165, 1.54) is 7.11 Å². The van der Waals surface area contributed by atoms with Crippen LogP contribution in [0.15, 0.2) is 36.4 Å². The predicted molar refractivity (Wildman–Crippen MR) is 104 cm³/mol. The second-order valence-electron chi connectivity index (χ2n) is 6.00. The summed E-state index contributed by atoms with van der Waals surface area (Å²) in [7, 11) is 1.53. The van der Waals surface area contributed by atoms with Gasteiger partial charge in [0, 0.05) is 39.5 Å². The summed E-state index contributed by atoms with van der Waals surface area (Å²) in [5.41, 5.74) is 1.62. The van der Waals surface area contributed by atoms with Crippen molar-refractivity contribution >= 4 is 46.6 Å². The average molecular weight is 410 g/mol. The Morgan fingerprint density at radius 1 is 1.26 bits per heavy atom. The summed E-state index contributed by atoms with van der Waals surface area (Å²) in [5, 5.41) is 18.5. The van der Waals surface area contributed by atoms with Gasteiger partial charge in [0.1, 0.15) is 11.8 Å². The SMILES string of the molecule is COc1cccc(NC(=O)N[C@H]2C[C@H](C(=O)O)Nc3cc(Cl)cc(Cl)c32)c1. The molecule has 3 rings (SSSR count). The molecule has 0 radical (unpaired) electrons. The fraction of sp³-hybridized carbons (Fsp3) is 0.222. The maximum Gasteiger partial charge on any atom is 0.326 e. The maximum atomic E-state index is 12.4. The summed E-state index contributed by atoms with van der Waals surface area (Å²) in [6.07, 6.45) is 0.134. The number of rotatable bonds is 4. The number of halogens is 2. The number of amides is 2. The second-order valence-corrected chi connectivity index (χ2v) is 6.85. The minimum absolute atomic E-state index is 0.134. The van der Waals surface area contributed by atoms with Crippen molar-refractivity contribution in [2.24, 2.45) is 0 Å². The van der Waals surface area contributed by atoms with Crippen molar-refractivity contribution in [3.63, 3.8) is 0 Å². The number of fused-ring (bicyclic) bond motifs is 1. The molecule has 1 aliphatic rings. The zero-order chi connectivity index (χ0) is 19.6. The Labute approximate surface area is 165 Å². The van der Waals surface area contributed by atoms with Crippen LogP contribution in [0.5, 0.6) is 5.75 Å². The largest absolute Gasteiger partial charge is 0.497 e. The number of aliphatic carboxylic acids is 1. The lowest BCUT2D eigenvalue weighted by molar-refractivity contribution is -0.138. The molecule has 2 aromatic carbocycles. The van der Waals surface area contributed by atoms with Crippen molar-refractivity contribution in [2.45, 2.75) is 18.5 Å². The van der Waals surface area contributed by atoms with Gasteiger partial charge in [-0.15, -0.1) is 0 Å². The van der Waals surface area contributed by atoms with Gasteiger partial charge >= 0.3 is 12.0 Å². The minimum atomic E-state index is -1.03. The van der Waals surface area contributed by atoms with Gasteiger partial charge < -0.3 is 25.8 Å². The Balaban J connectivity index is 1.82. The number of hydrogen-bond acceptors (Lipinski definition) is 4. The van der Waals surface area contributed by atoms with Crippen molar-refractivity contribution in [3.8, 4) is 5.75 Å². The fourth-order valence-electron chi connectivity index (χ4n) is 2.98. The summed E-state index contributed by atoms with van der Waals surface area (Å²) in [6.45, 7) is 0. The van der Waals surface area contributed by atoms with Crippen LogP contribution in [-0.4, -0.2) is 30.3 Å². The summed E-state index contributed by atoms with van der Waals surface area (Å²) in [5.74, 6) is -0.430. The molecule has 7 nitrogen and oxygen atoms in total. The fourth-order valence-corrected chi connectivity index (χ4v) is 3.60. The molecule has 0 fully saturated rings. The highest BCUT2D eigenvalue weighted by molar-refractivity contribution is 6.35. The molecule has 1 aliphatic heterocycles. The molecule has 27 heavy (non-hydrogen) atoms. The summed E-state index contributed by atoms with van der Waals surface area (Å²) in [6, 6.07) is 8.06. The van der Waals surface area contributed by atoms with E-state index in [0.29, 0.717) is 32.7 Å². The lowest BCUT2D eigenvalue weighted by atomic mass is 9.93. The van der Waals surface area contributed by atoms with Crippen LogP contribution in [0.3, 0.4) is 0 Å². The first-order valence-corrected chi connectivity index (χ1v) is 8.83. The van der Waals surface area contributed by atoms with Crippen LogP contribution in [0.4, 0.5) is 16.2 Å². The first kappa shape index (κ1) is 19.1. The van der Waals surface area contributed by atoms with E-state index in [2.05, 4.69) is 16.0 Å². The number of carboxylic acid groups (broad SMARTS) is 1. The van der Waals surface area contributed by atoms with E-state index in [-0.39, 0.29) is 6.42 Å². The number of carboxylic acids is 1. The Morgan fingerprint density at radius 2 is 2.04 bits per heavy atom. The molecule has 0 saturated carbocycles. The van der Waals surface area contributed by atoms with Gasteiger partial charge in [0.05, 0.1) is 13.2 Å². The maximum absolute atomic E-state index is 12.4. The topological polar surface area (TPSA) is 99.7 Å². The van der Waals surface area contributed by atoms with Gasteiger partial charge in [-0.3, -0.25) is 0 Å². The van der Waals surface area contributed by atoms with Gasteiger partial charge in [0.25, 0.3) is 0 Å². The predicted octanol–water partition coefficient (Wildman–Crippen LogP) is 4.13. The highest BCUT2D eigenvalue weighted by Crippen LogP contribution is 2.39. The highest BCUT2D eigenvalue weighted by Gasteiger charge is 2.33. The van der Waals surface area contributed by atoms with Gasteiger partial charge in [0.2, 0.25) is 0 Å². The number of ether oxygens (including phenoxy) is 1. The lowest BCUT2D eigenvalue weighted by Crippen LogP contribution is -2.42. The molecule has 4 N–H and O–H groups in total. The van der Waals surface area contributed by atoms with E-state index in [1.807, 2.05) is 0 Å². The third-order valence-electron chi connectivity index (χ3n) is 4.17. The second kappa shape index (κ2) is 7.94. The number of carbonyl (C=O) groups is 2. The van der Waals surface area contributed by atoms with Gasteiger partial charge in [-0.2, -0.15) is 0 Å². The van der Waals surface area contributed by atoms with E-state index in [0.717, 1.165) is 0 Å². The quantitative estimate of drug-likeness (QED) is 0.608. The Hall–Kier alpha value is -2.64. The van der Waals surface area contributed by atoms with E-state index < -0.39 is 24.1 Å². The summed E-state index contributed by atoms with van der Waals surface area (Å²) < 4.78 is 5.13. The molecule has 0 aromatic heterocycles. The molecular formula is C18H17Cl2N3O4. The molecule has 2 atom stereocenters. The van der Waals surface area contributed by atoms with Gasteiger partial charge in [0.15, 0.2) is 0 Å². The molecule has 142 valence electrons. The first-order valence-electron chi connectivity index (χ1n) is 8.07. The zero-order valence-corrected chi connectivity index (χ0v) is 15.8. The number of carbonyl (C=O) groups excluding carboxylic acids is 1. The Bertz CT molecular complexity index is 891. The molecule has 0 unspecified atom stereocenters. The Kier molecular flexibility index (Phi) is 5.62. The molecule has 1 heterocycles. The van der Waals surface area contributed by atoms with Crippen LogP contribution in [-0.2, 0) is 4.79 Å². The Morgan fingerprint density at radius 3 is 2.74 bits per heavy atom. The van der Waals surface area contributed by atoms with Crippen LogP contribution < -0.4 is 20.7 Å². The third-order valence-corrected chi connectivity index (χ3v) is 4.71. The van der Waals surface area contributed by atoms with Crippen LogP contribution in [0.1, 0.15) is 18.0 Å². The van der Waals surface area contributed by atoms with Crippen LogP contribution >= 0.6 is 23.2 Å². The molecular weight excluding hydrogens is 393 g/mol. The van der Waals surface area contributed by atoms with E-state index in [1.54, 1.807) is 36.4 Å². The smallest absolute Gasteiger partial charge is 0.326 e. The number of nitrogens with one attached hydrogen (secondary N) is 3. The highest BCUT2D eigenvalue weighted by atomic mass is 35.5. The summed E-state index contributed by atoms with van der Waals surface area (Å²) >= 11 is 12.3. The summed E-state index contributed by atoms with van der Waals surface area (Å²) in [4.78, 5) is 23.9. The lowest BCUT2D eigenvalue weighted by Gasteiger charge is -2.32. The van der Waals surface area contributed by atoms with Crippen molar-refractivity contribution in [1.29, 1.82) is 0 Å². The van der Waals surface area contributed by atoms with Gasteiger partial charge in [-0.1, -0.05) is 29.3 Å². The monoisotopic (exact) mass is 409 g/mol. The van der Waals surface area contributed by atoms with E-state index >= 15 is 0 Å². The molecule has 0 bridgehead atoms. The number of methoxy groups -OCH3 is 1. The van der Waals surface area contributed by atoms with Crippen molar-refractivity contribution in [1.82, 2.24) is 5.32 Å². The first-order chi connectivity index (χ1) is 12.9. The minimum Gasteiger partial charge on any atom is -0.497 e. The van der Waals surface area contributed by atoms with Crippen LogP contribution in [0, 0.1) is 0 Å². The number of urea groups is 1.